The van der Waals surface area contributed by atoms with E-state index in [1.165, 1.54) is 4.90 Å². The summed E-state index contributed by atoms with van der Waals surface area (Å²) < 4.78 is 0. The Balaban J connectivity index is 2.06. The largest absolute Gasteiger partial charge is 0.481 e. The molecule has 1 aliphatic rings. The van der Waals surface area contributed by atoms with Crippen LogP contribution in [0.15, 0.2) is 18.2 Å². The first-order valence-electron chi connectivity index (χ1n) is 7.59. The summed E-state index contributed by atoms with van der Waals surface area (Å²) in [6.07, 6.45) is 0.292. The smallest absolute Gasteiger partial charge is 0.321 e. The number of rotatable bonds is 6. The Morgan fingerprint density at radius 3 is 2.71 bits per heavy atom. The lowest BCUT2D eigenvalue weighted by Gasteiger charge is -2.19. The number of urea groups is 1. The lowest BCUT2D eigenvalue weighted by molar-refractivity contribution is -0.147. The maximum absolute atomic E-state index is 12.3. The van der Waals surface area contributed by atoms with E-state index in [1.54, 1.807) is 32.0 Å². The van der Waals surface area contributed by atoms with Gasteiger partial charge in [-0.25, -0.2) is 4.79 Å². The molecule has 1 saturated heterocycles. The van der Waals surface area contributed by atoms with Gasteiger partial charge in [0.1, 0.15) is 0 Å². The molecule has 1 fully saturated rings. The first-order chi connectivity index (χ1) is 11.2. The predicted octanol–water partition coefficient (Wildman–Crippen LogP) is 2.10. The number of carbonyl (C=O) groups excluding carboxylic acids is 2. The van der Waals surface area contributed by atoms with Gasteiger partial charge in [0.25, 0.3) is 5.91 Å². The second-order valence-electron chi connectivity index (χ2n) is 6.24. The Kier molecular flexibility index (Phi) is 5.33. The fraction of sp³-hybridized carbons (Fsp3) is 0.438. The number of aliphatic carboxylic acids is 1. The molecule has 0 aromatic heterocycles. The fourth-order valence-corrected chi connectivity index (χ4v) is 2.47. The van der Waals surface area contributed by atoms with E-state index in [0.717, 1.165) is 0 Å². The van der Waals surface area contributed by atoms with E-state index in [-0.39, 0.29) is 23.2 Å². The van der Waals surface area contributed by atoms with E-state index in [4.69, 9.17) is 16.7 Å². The van der Waals surface area contributed by atoms with Gasteiger partial charge in [-0.2, -0.15) is 0 Å². The van der Waals surface area contributed by atoms with Crippen LogP contribution in [-0.2, 0) is 4.79 Å². The van der Waals surface area contributed by atoms with Crippen LogP contribution in [0.1, 0.15) is 30.6 Å². The van der Waals surface area contributed by atoms with Gasteiger partial charge in [-0.05, 0) is 38.5 Å². The Labute approximate surface area is 145 Å². The highest BCUT2D eigenvalue weighted by Crippen LogP contribution is 2.25. The van der Waals surface area contributed by atoms with Crippen LogP contribution in [0.3, 0.4) is 0 Å². The average Bonchev–Trinajstić information content (AvgIpc) is 2.93. The van der Waals surface area contributed by atoms with Gasteiger partial charge in [0, 0.05) is 25.3 Å². The monoisotopic (exact) mass is 353 g/mol. The van der Waals surface area contributed by atoms with E-state index in [1.807, 2.05) is 0 Å². The molecule has 1 heterocycles. The number of carboxylic acid groups (broad SMARTS) is 1. The fourth-order valence-electron chi connectivity index (χ4n) is 2.26. The SMILES string of the molecule is CC(C)(CCNC(=O)c1cc(N2CCNC2=O)ccc1Cl)C(=O)O. The topological polar surface area (TPSA) is 98.7 Å². The van der Waals surface area contributed by atoms with Gasteiger partial charge in [0.15, 0.2) is 0 Å². The second-order valence-corrected chi connectivity index (χ2v) is 6.65. The van der Waals surface area contributed by atoms with Crippen molar-refractivity contribution in [3.63, 3.8) is 0 Å². The van der Waals surface area contributed by atoms with Crippen molar-refractivity contribution >= 4 is 35.2 Å². The van der Waals surface area contributed by atoms with E-state index in [2.05, 4.69) is 10.6 Å². The van der Waals surface area contributed by atoms with Crippen LogP contribution in [0.2, 0.25) is 5.02 Å². The number of anilines is 1. The number of nitrogens with one attached hydrogen (secondary N) is 2. The van der Waals surface area contributed by atoms with Crippen molar-refractivity contribution in [1.82, 2.24) is 10.6 Å². The summed E-state index contributed by atoms with van der Waals surface area (Å²) in [5, 5.41) is 14.7. The molecular formula is C16H20ClN3O4. The highest BCUT2D eigenvalue weighted by Gasteiger charge is 2.27. The van der Waals surface area contributed by atoms with Crippen LogP contribution < -0.4 is 15.5 Å². The molecule has 2 rings (SSSR count). The maximum Gasteiger partial charge on any atom is 0.321 e. The summed E-state index contributed by atoms with van der Waals surface area (Å²) in [6, 6.07) is 4.59. The summed E-state index contributed by atoms with van der Waals surface area (Å²) in [7, 11) is 0. The van der Waals surface area contributed by atoms with E-state index in [0.29, 0.717) is 25.2 Å². The second kappa shape index (κ2) is 7.09. The molecule has 3 N–H and O–H groups in total. The van der Waals surface area contributed by atoms with Gasteiger partial charge in [0.2, 0.25) is 0 Å². The van der Waals surface area contributed by atoms with E-state index >= 15 is 0 Å². The standard InChI is InChI=1S/C16H20ClN3O4/c1-16(2,14(22)23)5-6-18-13(21)11-9-10(3-4-12(11)17)20-8-7-19-15(20)24/h3-4,9H,5-8H2,1-2H3,(H,18,21)(H,19,24)(H,22,23). The molecule has 0 saturated carbocycles. The van der Waals surface area contributed by atoms with Gasteiger partial charge in [-0.3, -0.25) is 14.5 Å². The van der Waals surface area contributed by atoms with Crippen molar-refractivity contribution in [3.05, 3.63) is 28.8 Å². The van der Waals surface area contributed by atoms with Gasteiger partial charge in [0.05, 0.1) is 16.0 Å². The summed E-state index contributed by atoms with van der Waals surface area (Å²) in [4.78, 5) is 36.6. The van der Waals surface area contributed by atoms with Gasteiger partial charge >= 0.3 is 12.0 Å². The number of hydrogen-bond donors (Lipinski definition) is 3. The molecule has 7 nitrogen and oxygen atoms in total. The zero-order chi connectivity index (χ0) is 17.9. The molecule has 0 radical (unpaired) electrons. The van der Waals surface area contributed by atoms with E-state index in [9.17, 15) is 14.4 Å². The van der Waals surface area contributed by atoms with Crippen LogP contribution in [0.25, 0.3) is 0 Å². The summed E-state index contributed by atoms with van der Waals surface area (Å²) >= 11 is 6.08. The molecule has 0 bridgehead atoms. The van der Waals surface area contributed by atoms with Crippen molar-refractivity contribution in [2.75, 3.05) is 24.5 Å². The molecule has 1 aromatic rings. The van der Waals surface area contributed by atoms with Gasteiger partial charge < -0.3 is 15.7 Å². The third kappa shape index (κ3) is 3.97. The van der Waals surface area contributed by atoms with Gasteiger partial charge in [-0.1, -0.05) is 11.6 Å². The average molecular weight is 354 g/mol. The lowest BCUT2D eigenvalue weighted by Crippen LogP contribution is -2.32. The minimum atomic E-state index is -0.924. The Morgan fingerprint density at radius 2 is 2.12 bits per heavy atom. The number of amides is 3. The molecule has 1 aromatic carbocycles. The maximum atomic E-state index is 12.3. The number of benzene rings is 1. The van der Waals surface area contributed by atoms with Crippen molar-refractivity contribution < 1.29 is 19.5 Å². The Bertz CT molecular complexity index is 675. The number of carbonyl (C=O) groups is 3. The van der Waals surface area contributed by atoms with E-state index < -0.39 is 17.3 Å². The Hall–Kier alpha value is -2.28. The van der Waals surface area contributed by atoms with Crippen LogP contribution in [-0.4, -0.2) is 42.6 Å². The van der Waals surface area contributed by atoms with Crippen molar-refractivity contribution in [2.24, 2.45) is 5.41 Å². The van der Waals surface area contributed by atoms with Crippen molar-refractivity contribution in [1.29, 1.82) is 0 Å². The molecule has 0 atom stereocenters. The number of carboxylic acids is 1. The molecular weight excluding hydrogens is 334 g/mol. The van der Waals surface area contributed by atoms with Gasteiger partial charge in [-0.15, -0.1) is 0 Å². The zero-order valence-electron chi connectivity index (χ0n) is 13.6. The molecule has 0 spiro atoms. The quantitative estimate of drug-likeness (QED) is 0.729. The third-order valence-corrected chi connectivity index (χ3v) is 4.31. The third-order valence-electron chi connectivity index (χ3n) is 3.98. The zero-order valence-corrected chi connectivity index (χ0v) is 14.3. The highest BCUT2D eigenvalue weighted by atomic mass is 35.5. The molecule has 130 valence electrons. The van der Waals surface area contributed by atoms with Crippen LogP contribution in [0.5, 0.6) is 0 Å². The first kappa shape index (κ1) is 18.1. The molecule has 24 heavy (non-hydrogen) atoms. The van der Waals surface area contributed by atoms with Crippen molar-refractivity contribution in [2.45, 2.75) is 20.3 Å². The summed E-state index contributed by atoms with van der Waals surface area (Å²) in [5.74, 6) is -1.32. The molecule has 0 aliphatic carbocycles. The molecule has 1 aliphatic heterocycles. The van der Waals surface area contributed by atoms with Crippen molar-refractivity contribution in [3.8, 4) is 0 Å². The minimum absolute atomic E-state index is 0.211. The molecule has 3 amide bonds. The summed E-state index contributed by atoms with van der Waals surface area (Å²) in [6.45, 7) is 4.48. The highest BCUT2D eigenvalue weighted by molar-refractivity contribution is 6.34. The van der Waals surface area contributed by atoms with Crippen LogP contribution in [0, 0.1) is 5.41 Å². The first-order valence-corrected chi connectivity index (χ1v) is 7.97. The predicted molar refractivity (Wildman–Crippen MR) is 90.6 cm³/mol. The molecule has 8 heteroatoms. The Morgan fingerprint density at radius 1 is 1.42 bits per heavy atom. The van der Waals surface area contributed by atoms with Crippen LogP contribution >= 0.6 is 11.6 Å². The number of halogens is 1. The normalized spacial score (nSPS) is 14.5. The van der Waals surface area contributed by atoms with Crippen LogP contribution in [0.4, 0.5) is 10.5 Å². The number of nitrogens with zero attached hydrogens (tertiary/aromatic N) is 1. The minimum Gasteiger partial charge on any atom is -0.481 e. The molecule has 0 unspecified atom stereocenters. The number of hydrogen-bond acceptors (Lipinski definition) is 3. The summed E-state index contributed by atoms with van der Waals surface area (Å²) in [5.41, 5.74) is -0.0838. The lowest BCUT2D eigenvalue weighted by atomic mass is 9.90.